The summed E-state index contributed by atoms with van der Waals surface area (Å²) >= 11 is 0. The first-order valence-corrected chi connectivity index (χ1v) is 13.9. The number of nitrogens with zero attached hydrogens (tertiary/aromatic N) is 3. The Morgan fingerprint density at radius 1 is 0.415 bits per heavy atom. The van der Waals surface area contributed by atoms with Crippen molar-refractivity contribution in [2.75, 3.05) is 0 Å². The maximum atomic E-state index is 5.48. The number of hydrogen-bond donors (Lipinski definition) is 0. The highest BCUT2D eigenvalue weighted by atomic mass is 15.1. The van der Waals surface area contributed by atoms with Gasteiger partial charge < -0.3 is 0 Å². The lowest BCUT2D eigenvalue weighted by molar-refractivity contribution is 1.08. The Morgan fingerprint density at radius 3 is 1.59 bits per heavy atom. The molecule has 3 heteroatoms. The van der Waals surface area contributed by atoms with Crippen molar-refractivity contribution < 1.29 is 0 Å². The molecule has 2 aromatic heterocycles. The summed E-state index contributed by atoms with van der Waals surface area (Å²) in [5, 5.41) is 9.55. The van der Waals surface area contributed by atoms with Crippen molar-refractivity contribution in [1.29, 1.82) is 0 Å². The van der Waals surface area contributed by atoms with Crippen LogP contribution in [0.4, 0.5) is 0 Å². The van der Waals surface area contributed by atoms with Crippen molar-refractivity contribution in [1.82, 2.24) is 14.5 Å². The molecule has 9 rings (SSSR count). The lowest BCUT2D eigenvalue weighted by atomic mass is 10.0. The minimum atomic E-state index is 0.839. The van der Waals surface area contributed by atoms with Gasteiger partial charge in [-0.3, -0.25) is 4.57 Å². The molecule has 0 bridgehead atoms. The smallest absolute Gasteiger partial charge is 0.165 e. The summed E-state index contributed by atoms with van der Waals surface area (Å²) in [5.41, 5.74) is 5.97. The normalized spacial score (nSPS) is 11.9. The van der Waals surface area contributed by atoms with E-state index >= 15 is 0 Å². The van der Waals surface area contributed by atoms with Crippen LogP contribution >= 0.6 is 0 Å². The van der Waals surface area contributed by atoms with Gasteiger partial charge in [0.25, 0.3) is 0 Å². The second-order valence-electron chi connectivity index (χ2n) is 10.7. The number of aromatic nitrogens is 3. The summed E-state index contributed by atoms with van der Waals surface area (Å²) in [6.07, 6.45) is 0. The Balaban J connectivity index is 1.51. The van der Waals surface area contributed by atoms with Crippen LogP contribution in [0.25, 0.3) is 82.2 Å². The molecule has 0 unspecified atom stereocenters. The van der Waals surface area contributed by atoms with E-state index in [2.05, 4.69) is 138 Å². The van der Waals surface area contributed by atoms with Crippen LogP contribution < -0.4 is 0 Å². The maximum Gasteiger partial charge on any atom is 0.165 e. The van der Waals surface area contributed by atoms with Crippen LogP contribution in [0, 0.1) is 0 Å². The zero-order valence-electron chi connectivity index (χ0n) is 22.1. The summed E-state index contributed by atoms with van der Waals surface area (Å²) in [7, 11) is 0. The van der Waals surface area contributed by atoms with Gasteiger partial charge in [0.05, 0.1) is 22.1 Å². The van der Waals surface area contributed by atoms with Gasteiger partial charge >= 0.3 is 0 Å². The molecule has 0 aliphatic carbocycles. The van der Waals surface area contributed by atoms with E-state index in [0.717, 1.165) is 49.9 Å². The van der Waals surface area contributed by atoms with Crippen LogP contribution in [0.1, 0.15) is 0 Å². The summed E-state index contributed by atoms with van der Waals surface area (Å²) in [6, 6.07) is 49.5. The molecule has 0 N–H and O–H groups in total. The van der Waals surface area contributed by atoms with Crippen molar-refractivity contribution in [3.63, 3.8) is 0 Å². The van der Waals surface area contributed by atoms with Gasteiger partial charge in [-0.1, -0.05) is 109 Å². The van der Waals surface area contributed by atoms with Crippen molar-refractivity contribution in [3.8, 4) is 17.1 Å². The Kier molecular flexibility index (Phi) is 4.61. The van der Waals surface area contributed by atoms with Crippen molar-refractivity contribution in [3.05, 3.63) is 140 Å². The van der Waals surface area contributed by atoms with Crippen molar-refractivity contribution in [2.45, 2.75) is 0 Å². The molecule has 2 heterocycles. The van der Waals surface area contributed by atoms with E-state index < -0.39 is 0 Å². The average molecular weight is 522 g/mol. The van der Waals surface area contributed by atoms with Gasteiger partial charge in [0.15, 0.2) is 5.82 Å². The third-order valence-corrected chi connectivity index (χ3v) is 8.30. The highest BCUT2D eigenvalue weighted by Gasteiger charge is 2.21. The molecule has 0 saturated heterocycles. The van der Waals surface area contributed by atoms with Gasteiger partial charge in [-0.2, -0.15) is 0 Å². The zero-order chi connectivity index (χ0) is 26.9. The second-order valence-corrected chi connectivity index (χ2v) is 10.7. The maximum absolute atomic E-state index is 5.48. The van der Waals surface area contributed by atoms with E-state index in [-0.39, 0.29) is 0 Å². The Hall–Kier alpha value is -5.54. The van der Waals surface area contributed by atoms with E-state index in [4.69, 9.17) is 9.97 Å². The SMILES string of the molecule is c1ccc(-c2nc3ccc4ccccc4c3nc2-n2c3cc4ccccc4cc3c3cc4ccccc4cc32)cc1. The molecule has 0 atom stereocenters. The first-order chi connectivity index (χ1) is 20.3. The predicted molar refractivity (Wildman–Crippen MR) is 172 cm³/mol. The van der Waals surface area contributed by atoms with Crippen LogP contribution in [-0.2, 0) is 0 Å². The first kappa shape index (κ1) is 22.3. The minimum Gasteiger partial charge on any atom is -0.292 e. The number of fused-ring (bicyclic) bond motifs is 8. The average Bonchev–Trinajstić information content (AvgIpc) is 3.34. The summed E-state index contributed by atoms with van der Waals surface area (Å²) < 4.78 is 2.33. The molecule has 41 heavy (non-hydrogen) atoms. The Labute approximate surface area is 235 Å². The topological polar surface area (TPSA) is 30.7 Å². The Morgan fingerprint density at radius 2 is 0.951 bits per heavy atom. The molecular formula is C38H23N3. The van der Waals surface area contributed by atoms with E-state index in [1.807, 2.05) is 6.07 Å². The number of rotatable bonds is 2. The molecule has 3 nitrogen and oxygen atoms in total. The lowest BCUT2D eigenvalue weighted by Gasteiger charge is -2.15. The standard InChI is InChI=1S/C38H23N3/c1-2-11-25(12-3-1)36-38(40-37-30-17-9-8-10-24(30)18-19-33(37)39-36)41-34-22-28-15-6-4-13-26(28)20-31(34)32-21-27-14-5-7-16-29(27)23-35(32)41/h1-23H. The summed E-state index contributed by atoms with van der Waals surface area (Å²) in [6.45, 7) is 0. The quantitative estimate of drug-likeness (QED) is 0.212. The Bertz CT molecular complexity index is 2380. The fourth-order valence-corrected chi connectivity index (χ4v) is 6.34. The van der Waals surface area contributed by atoms with Crippen LogP contribution in [0.3, 0.4) is 0 Å². The molecule has 0 aliphatic heterocycles. The van der Waals surface area contributed by atoms with Crippen LogP contribution in [0.2, 0.25) is 0 Å². The lowest BCUT2D eigenvalue weighted by Crippen LogP contribution is -2.04. The molecule has 0 aliphatic rings. The second kappa shape index (κ2) is 8.48. The van der Waals surface area contributed by atoms with E-state index in [0.29, 0.717) is 0 Å². The zero-order valence-corrected chi connectivity index (χ0v) is 22.1. The fraction of sp³-hybridized carbons (Fsp3) is 0. The highest BCUT2D eigenvalue weighted by molar-refractivity contribution is 6.17. The van der Waals surface area contributed by atoms with Crippen LogP contribution in [0.5, 0.6) is 0 Å². The van der Waals surface area contributed by atoms with Crippen molar-refractivity contribution >= 4 is 65.2 Å². The van der Waals surface area contributed by atoms with Gasteiger partial charge in [-0.15, -0.1) is 0 Å². The van der Waals surface area contributed by atoms with E-state index in [1.54, 1.807) is 0 Å². The predicted octanol–water partition coefficient (Wildman–Crippen LogP) is 9.85. The molecule has 0 spiro atoms. The third kappa shape index (κ3) is 3.33. The molecule has 0 fully saturated rings. The van der Waals surface area contributed by atoms with E-state index in [1.165, 1.54) is 32.3 Å². The summed E-state index contributed by atoms with van der Waals surface area (Å²) in [5.74, 6) is 0.839. The van der Waals surface area contributed by atoms with Crippen LogP contribution in [0.15, 0.2) is 140 Å². The van der Waals surface area contributed by atoms with Gasteiger partial charge in [0.1, 0.15) is 5.69 Å². The van der Waals surface area contributed by atoms with Gasteiger partial charge in [0.2, 0.25) is 0 Å². The molecule has 0 amide bonds. The number of benzene rings is 7. The molecular weight excluding hydrogens is 498 g/mol. The molecule has 0 radical (unpaired) electrons. The van der Waals surface area contributed by atoms with Crippen LogP contribution in [-0.4, -0.2) is 14.5 Å². The van der Waals surface area contributed by atoms with Crippen molar-refractivity contribution in [2.24, 2.45) is 0 Å². The third-order valence-electron chi connectivity index (χ3n) is 8.30. The largest absolute Gasteiger partial charge is 0.292 e. The number of hydrogen-bond acceptors (Lipinski definition) is 2. The highest BCUT2D eigenvalue weighted by Crippen LogP contribution is 2.39. The van der Waals surface area contributed by atoms with Gasteiger partial charge in [-0.05, 0) is 57.3 Å². The van der Waals surface area contributed by atoms with E-state index in [9.17, 15) is 0 Å². The van der Waals surface area contributed by atoms with Gasteiger partial charge in [0, 0.05) is 21.7 Å². The molecule has 190 valence electrons. The molecule has 9 aromatic rings. The molecule has 7 aromatic carbocycles. The minimum absolute atomic E-state index is 0.839. The first-order valence-electron chi connectivity index (χ1n) is 13.9. The van der Waals surface area contributed by atoms with Gasteiger partial charge in [-0.25, -0.2) is 9.97 Å². The monoisotopic (exact) mass is 521 g/mol. The fourth-order valence-electron chi connectivity index (χ4n) is 6.34. The summed E-state index contributed by atoms with van der Waals surface area (Å²) in [4.78, 5) is 10.8. The molecule has 0 saturated carbocycles.